The summed E-state index contributed by atoms with van der Waals surface area (Å²) in [5, 5.41) is 9.38. The highest BCUT2D eigenvalue weighted by Crippen LogP contribution is 2.30. The van der Waals surface area contributed by atoms with E-state index in [1.54, 1.807) is 0 Å². The van der Waals surface area contributed by atoms with Crippen molar-refractivity contribution in [3.8, 4) is 0 Å². The molecule has 4 atom stereocenters. The molecule has 0 amide bonds. The third-order valence-electron chi connectivity index (χ3n) is 2.56. The van der Waals surface area contributed by atoms with E-state index in [2.05, 4.69) is 4.84 Å². The van der Waals surface area contributed by atoms with E-state index in [4.69, 9.17) is 14.2 Å². The van der Waals surface area contributed by atoms with Crippen LogP contribution in [0, 0.1) is 10.1 Å². The van der Waals surface area contributed by atoms with E-state index in [9.17, 15) is 10.1 Å². The maximum atomic E-state index is 10.2. The number of nitrogens with zero attached hydrogens (tertiary/aromatic N) is 1. The Hall–Kier alpha value is -0.920. The van der Waals surface area contributed by atoms with Gasteiger partial charge in [0.25, 0.3) is 5.09 Å². The number of fused-ring (bicyclic) bond motifs is 1. The predicted molar refractivity (Wildman–Crippen MR) is 46.8 cm³/mol. The predicted octanol–water partition coefficient (Wildman–Crippen LogP) is -0.234. The fourth-order valence-corrected chi connectivity index (χ4v) is 1.99. The highest BCUT2D eigenvalue weighted by Gasteiger charge is 2.49. The second-order valence-electron chi connectivity index (χ2n) is 3.46. The molecule has 0 aromatic rings. The third-order valence-corrected chi connectivity index (χ3v) is 2.56. The van der Waals surface area contributed by atoms with Crippen molar-refractivity contribution in [1.82, 2.24) is 0 Å². The summed E-state index contributed by atoms with van der Waals surface area (Å²) in [5.74, 6) is 0. The molecule has 15 heavy (non-hydrogen) atoms. The van der Waals surface area contributed by atoms with Crippen LogP contribution < -0.4 is 0 Å². The Morgan fingerprint density at radius 1 is 1.33 bits per heavy atom. The second-order valence-corrected chi connectivity index (χ2v) is 3.46. The molecule has 0 bridgehead atoms. The van der Waals surface area contributed by atoms with Gasteiger partial charge < -0.3 is 19.0 Å². The van der Waals surface area contributed by atoms with Gasteiger partial charge in [-0.25, -0.2) is 0 Å². The summed E-state index contributed by atoms with van der Waals surface area (Å²) < 4.78 is 16.1. The zero-order valence-corrected chi connectivity index (χ0v) is 8.33. The molecule has 0 N–H and O–H groups in total. The van der Waals surface area contributed by atoms with Crippen molar-refractivity contribution in [3.63, 3.8) is 0 Å². The molecule has 2 rings (SSSR count). The summed E-state index contributed by atoms with van der Waals surface area (Å²) in [5.41, 5.74) is 0. The summed E-state index contributed by atoms with van der Waals surface area (Å²) in [4.78, 5) is 14.7. The van der Waals surface area contributed by atoms with Crippen LogP contribution in [0.25, 0.3) is 0 Å². The average molecular weight is 219 g/mol. The highest BCUT2D eigenvalue weighted by atomic mass is 17.0. The van der Waals surface area contributed by atoms with Crippen LogP contribution in [0.2, 0.25) is 0 Å². The Morgan fingerprint density at radius 3 is 2.53 bits per heavy atom. The van der Waals surface area contributed by atoms with Crippen LogP contribution in [0.5, 0.6) is 0 Å². The number of hydrogen-bond donors (Lipinski definition) is 0. The van der Waals surface area contributed by atoms with Crippen molar-refractivity contribution in [3.05, 3.63) is 10.1 Å². The molecule has 86 valence electrons. The van der Waals surface area contributed by atoms with E-state index in [-0.39, 0.29) is 24.9 Å². The lowest BCUT2D eigenvalue weighted by atomic mass is 10.1. The Bertz CT molecular complexity index is 247. The van der Waals surface area contributed by atoms with Crippen molar-refractivity contribution in [1.29, 1.82) is 0 Å². The van der Waals surface area contributed by atoms with E-state index < -0.39 is 11.2 Å². The molecule has 2 fully saturated rings. The molecule has 0 radical (unpaired) electrons. The number of hydrogen-bond acceptors (Lipinski definition) is 6. The molecule has 0 aromatic heterocycles. The SMILES string of the molecule is CCO[C@H]1CO[C@H]2[C@@H]1OC[C@H]2O[N+](=O)[O-]. The van der Waals surface area contributed by atoms with Gasteiger partial charge in [0.05, 0.1) is 13.2 Å². The van der Waals surface area contributed by atoms with Gasteiger partial charge in [0, 0.05) is 6.61 Å². The van der Waals surface area contributed by atoms with Gasteiger partial charge in [-0.3, -0.25) is 0 Å². The fourth-order valence-electron chi connectivity index (χ4n) is 1.99. The van der Waals surface area contributed by atoms with Crippen molar-refractivity contribution in [2.75, 3.05) is 19.8 Å². The van der Waals surface area contributed by atoms with Crippen molar-refractivity contribution >= 4 is 0 Å². The van der Waals surface area contributed by atoms with Crippen molar-refractivity contribution in [2.45, 2.75) is 31.3 Å². The molecule has 0 spiro atoms. The molecule has 2 aliphatic rings. The van der Waals surface area contributed by atoms with Gasteiger partial charge in [0.15, 0.2) is 6.10 Å². The zero-order chi connectivity index (χ0) is 10.8. The monoisotopic (exact) mass is 219 g/mol. The molecular weight excluding hydrogens is 206 g/mol. The molecule has 7 nitrogen and oxygen atoms in total. The summed E-state index contributed by atoms with van der Waals surface area (Å²) in [6.45, 7) is 3.04. The van der Waals surface area contributed by atoms with Crippen LogP contribution in [0.3, 0.4) is 0 Å². The molecule has 2 aliphatic heterocycles. The Morgan fingerprint density at radius 2 is 1.93 bits per heavy atom. The van der Waals surface area contributed by atoms with E-state index in [0.29, 0.717) is 13.2 Å². The normalized spacial score (nSPS) is 39.0. The van der Waals surface area contributed by atoms with Gasteiger partial charge in [0.1, 0.15) is 18.3 Å². The van der Waals surface area contributed by atoms with Crippen LogP contribution in [-0.2, 0) is 19.0 Å². The zero-order valence-electron chi connectivity index (χ0n) is 8.33. The van der Waals surface area contributed by atoms with E-state index in [1.807, 2.05) is 6.92 Å². The topological polar surface area (TPSA) is 80.1 Å². The molecule has 0 saturated carbocycles. The largest absolute Gasteiger partial charge is 0.373 e. The Balaban J connectivity index is 1.93. The maximum absolute atomic E-state index is 10.2. The third kappa shape index (κ3) is 2.04. The number of ether oxygens (including phenoxy) is 3. The van der Waals surface area contributed by atoms with Gasteiger partial charge in [-0.15, -0.1) is 10.1 Å². The Kier molecular flexibility index (Phi) is 3.03. The molecule has 7 heteroatoms. The summed E-state index contributed by atoms with van der Waals surface area (Å²) >= 11 is 0. The van der Waals surface area contributed by atoms with E-state index in [0.717, 1.165) is 0 Å². The molecule has 0 aromatic carbocycles. The van der Waals surface area contributed by atoms with Crippen LogP contribution in [0.15, 0.2) is 0 Å². The minimum atomic E-state index is -0.812. The summed E-state index contributed by atoms with van der Waals surface area (Å²) in [6, 6.07) is 0. The van der Waals surface area contributed by atoms with Crippen LogP contribution in [0.1, 0.15) is 6.92 Å². The first-order valence-corrected chi connectivity index (χ1v) is 4.88. The smallest absolute Gasteiger partial charge is 0.294 e. The lowest BCUT2D eigenvalue weighted by Crippen LogP contribution is -2.34. The average Bonchev–Trinajstić information content (AvgIpc) is 2.71. The summed E-state index contributed by atoms with van der Waals surface area (Å²) in [7, 11) is 0. The first-order valence-electron chi connectivity index (χ1n) is 4.88. The molecule has 0 aliphatic carbocycles. The van der Waals surface area contributed by atoms with Crippen molar-refractivity contribution < 1.29 is 24.1 Å². The molecule has 2 heterocycles. The van der Waals surface area contributed by atoms with Gasteiger partial charge in [-0.1, -0.05) is 0 Å². The van der Waals surface area contributed by atoms with Gasteiger partial charge in [-0.05, 0) is 6.92 Å². The van der Waals surface area contributed by atoms with E-state index in [1.165, 1.54) is 0 Å². The van der Waals surface area contributed by atoms with Gasteiger partial charge in [-0.2, -0.15) is 0 Å². The Labute approximate surface area is 86.3 Å². The molecular formula is C8H13NO6. The van der Waals surface area contributed by atoms with Crippen molar-refractivity contribution in [2.24, 2.45) is 0 Å². The fraction of sp³-hybridized carbons (Fsp3) is 1.00. The minimum absolute atomic E-state index is 0.139. The lowest BCUT2D eigenvalue weighted by Gasteiger charge is -2.15. The second kappa shape index (κ2) is 4.30. The first-order chi connectivity index (χ1) is 7.22. The number of rotatable bonds is 4. The van der Waals surface area contributed by atoms with E-state index >= 15 is 0 Å². The minimum Gasteiger partial charge on any atom is -0.373 e. The molecule has 0 unspecified atom stereocenters. The first kappa shape index (κ1) is 10.6. The maximum Gasteiger partial charge on any atom is 0.294 e. The van der Waals surface area contributed by atoms with Crippen LogP contribution in [0.4, 0.5) is 0 Å². The summed E-state index contributed by atoms with van der Waals surface area (Å²) in [6.07, 6.45) is -1.39. The lowest BCUT2D eigenvalue weighted by molar-refractivity contribution is -0.769. The van der Waals surface area contributed by atoms with Crippen LogP contribution in [-0.4, -0.2) is 49.3 Å². The standard InChI is InChI=1S/C8H13NO6/c1-2-12-5-3-13-8-6(15-9(10)11)4-14-7(5)8/h5-8H,2-4H2,1H3/t5-,6+,7+,8+/m0/s1. The highest BCUT2D eigenvalue weighted by molar-refractivity contribution is 4.95. The quantitative estimate of drug-likeness (QED) is 0.479. The van der Waals surface area contributed by atoms with Crippen LogP contribution >= 0.6 is 0 Å². The molecule has 2 saturated heterocycles. The van der Waals surface area contributed by atoms with Gasteiger partial charge in [0.2, 0.25) is 0 Å². The van der Waals surface area contributed by atoms with Gasteiger partial charge >= 0.3 is 0 Å².